The van der Waals surface area contributed by atoms with Crippen LogP contribution in [0.5, 0.6) is 0 Å². The summed E-state index contributed by atoms with van der Waals surface area (Å²) in [5.41, 5.74) is 2.40. The van der Waals surface area contributed by atoms with Crippen molar-refractivity contribution in [2.45, 2.75) is 12.8 Å². The van der Waals surface area contributed by atoms with Crippen LogP contribution in [0.1, 0.15) is 23.2 Å². The van der Waals surface area contributed by atoms with Crippen molar-refractivity contribution in [3.05, 3.63) is 58.3 Å². The number of carbonyl (C=O) groups excluding carboxylic acids is 1. The first-order valence-corrected chi connectivity index (χ1v) is 11.0. The smallest absolute Gasteiger partial charge is 0.253 e. The lowest BCUT2D eigenvalue weighted by Gasteiger charge is -2.36. The number of hydrogen-bond acceptors (Lipinski definition) is 4. The van der Waals surface area contributed by atoms with E-state index in [9.17, 15) is 4.79 Å². The van der Waals surface area contributed by atoms with Crippen LogP contribution in [-0.2, 0) is 0 Å². The Hall–Kier alpha value is -2.28. The van der Waals surface area contributed by atoms with Gasteiger partial charge in [0.25, 0.3) is 5.91 Å². The van der Waals surface area contributed by atoms with Crippen LogP contribution in [0.25, 0.3) is 11.0 Å². The fourth-order valence-corrected chi connectivity index (χ4v) is 4.27. The van der Waals surface area contributed by atoms with Crippen molar-refractivity contribution in [1.82, 2.24) is 20.2 Å². The van der Waals surface area contributed by atoms with Gasteiger partial charge in [-0.05, 0) is 43.7 Å². The fraction of sp³-hybridized carbons (Fsp3) is 0.364. The van der Waals surface area contributed by atoms with E-state index in [0.717, 1.165) is 62.3 Å². The number of nitrogens with zero attached hydrogens (tertiary/aromatic N) is 3. The number of rotatable bonds is 7. The van der Waals surface area contributed by atoms with E-state index in [-0.39, 0.29) is 5.91 Å². The molecule has 0 atom stereocenters. The number of nitrogens with one attached hydrogen (secondary N) is 2. The van der Waals surface area contributed by atoms with Crippen molar-refractivity contribution in [2.75, 3.05) is 44.2 Å². The number of carbonyl (C=O) groups is 1. The number of aromatic amines is 1. The summed E-state index contributed by atoms with van der Waals surface area (Å²) in [5.74, 6) is -0.0544. The third kappa shape index (κ3) is 4.72. The van der Waals surface area contributed by atoms with Crippen LogP contribution >= 0.6 is 23.2 Å². The van der Waals surface area contributed by atoms with Crippen LogP contribution in [0.15, 0.2) is 42.7 Å². The quantitative estimate of drug-likeness (QED) is 0.534. The average molecular weight is 446 g/mol. The van der Waals surface area contributed by atoms with Crippen LogP contribution in [0.2, 0.25) is 10.0 Å². The number of halogens is 2. The van der Waals surface area contributed by atoms with Crippen molar-refractivity contribution in [2.24, 2.45) is 0 Å². The van der Waals surface area contributed by atoms with Crippen LogP contribution in [0.3, 0.4) is 0 Å². The van der Waals surface area contributed by atoms with Crippen molar-refractivity contribution in [1.29, 1.82) is 0 Å². The zero-order valence-electron chi connectivity index (χ0n) is 16.7. The third-order valence-electron chi connectivity index (χ3n) is 5.53. The number of fused-ring (bicyclic) bond motifs is 1. The van der Waals surface area contributed by atoms with Gasteiger partial charge in [-0.3, -0.25) is 9.69 Å². The molecule has 1 amide bonds. The highest BCUT2D eigenvalue weighted by molar-refractivity contribution is 6.43. The molecule has 30 heavy (non-hydrogen) atoms. The highest BCUT2D eigenvalue weighted by Gasteiger charge is 2.19. The molecule has 0 unspecified atom stereocenters. The first kappa shape index (κ1) is 21.0. The first-order valence-electron chi connectivity index (χ1n) is 10.2. The lowest BCUT2D eigenvalue weighted by Crippen LogP contribution is -2.46. The summed E-state index contributed by atoms with van der Waals surface area (Å²) in [4.78, 5) is 24.4. The highest BCUT2D eigenvalue weighted by atomic mass is 35.5. The number of H-pyrrole nitrogens is 1. The van der Waals surface area contributed by atoms with Gasteiger partial charge in [-0.15, -0.1) is 0 Å². The average Bonchev–Trinajstić information content (AvgIpc) is 3.20. The molecule has 0 aliphatic carbocycles. The van der Waals surface area contributed by atoms with E-state index in [1.165, 1.54) is 0 Å². The maximum Gasteiger partial charge on any atom is 0.253 e. The van der Waals surface area contributed by atoms with Gasteiger partial charge in [0.2, 0.25) is 0 Å². The summed E-state index contributed by atoms with van der Waals surface area (Å²) < 4.78 is 0. The lowest BCUT2D eigenvalue weighted by atomic mass is 10.2. The van der Waals surface area contributed by atoms with Crippen molar-refractivity contribution >= 4 is 45.8 Å². The number of benzene rings is 1. The third-order valence-corrected chi connectivity index (χ3v) is 6.34. The summed E-state index contributed by atoms with van der Waals surface area (Å²) in [7, 11) is 0. The molecule has 1 aliphatic heterocycles. The molecule has 0 bridgehead atoms. The minimum absolute atomic E-state index is 0.0544. The van der Waals surface area contributed by atoms with Gasteiger partial charge in [-0.2, -0.15) is 0 Å². The molecular formula is C22H25Cl2N5O. The van der Waals surface area contributed by atoms with Gasteiger partial charge in [-0.1, -0.05) is 29.3 Å². The molecule has 0 radical (unpaired) electrons. The Morgan fingerprint density at radius 1 is 1.10 bits per heavy atom. The van der Waals surface area contributed by atoms with E-state index < -0.39 is 0 Å². The van der Waals surface area contributed by atoms with E-state index >= 15 is 0 Å². The number of amides is 1. The van der Waals surface area contributed by atoms with Gasteiger partial charge in [0.05, 0.1) is 21.3 Å². The minimum Gasteiger partial charge on any atom is -0.368 e. The van der Waals surface area contributed by atoms with Gasteiger partial charge in [0.1, 0.15) is 5.65 Å². The molecule has 6 nitrogen and oxygen atoms in total. The molecule has 0 spiro atoms. The van der Waals surface area contributed by atoms with Gasteiger partial charge < -0.3 is 15.2 Å². The predicted molar refractivity (Wildman–Crippen MR) is 123 cm³/mol. The molecule has 3 aromatic rings. The standard InChI is InChI=1S/C22H25Cl2N5O/c23-18-6-3-7-19(20(18)24)29-13-11-28(12-14-29)10-2-1-8-26-22(30)17-15-27-21-16(17)5-4-9-25-21/h3-7,9,15H,1-2,8,10-14H2,(H,25,27)(H,26,30). The van der Waals surface area contributed by atoms with Gasteiger partial charge in [0.15, 0.2) is 0 Å². The maximum absolute atomic E-state index is 12.4. The number of pyridine rings is 1. The lowest BCUT2D eigenvalue weighted by molar-refractivity contribution is 0.0954. The molecule has 158 valence electrons. The monoisotopic (exact) mass is 445 g/mol. The van der Waals surface area contributed by atoms with E-state index in [4.69, 9.17) is 23.2 Å². The molecular weight excluding hydrogens is 421 g/mol. The molecule has 3 heterocycles. The Morgan fingerprint density at radius 3 is 2.77 bits per heavy atom. The second kappa shape index (κ2) is 9.69. The molecule has 1 fully saturated rings. The largest absolute Gasteiger partial charge is 0.368 e. The molecule has 2 N–H and O–H groups in total. The second-order valence-corrected chi connectivity index (χ2v) is 8.25. The van der Waals surface area contributed by atoms with Gasteiger partial charge >= 0.3 is 0 Å². The summed E-state index contributed by atoms with van der Waals surface area (Å²) in [6.07, 6.45) is 5.43. The number of piperazine rings is 1. The van der Waals surface area contributed by atoms with Crippen molar-refractivity contribution < 1.29 is 4.79 Å². The van der Waals surface area contributed by atoms with Crippen LogP contribution in [0, 0.1) is 0 Å². The molecule has 2 aromatic heterocycles. The molecule has 1 saturated heterocycles. The molecule has 4 rings (SSSR count). The topological polar surface area (TPSA) is 64.3 Å². The summed E-state index contributed by atoms with van der Waals surface area (Å²) >= 11 is 12.5. The summed E-state index contributed by atoms with van der Waals surface area (Å²) in [6.45, 7) is 5.57. The number of hydrogen-bond donors (Lipinski definition) is 2. The number of aromatic nitrogens is 2. The number of unbranched alkanes of at least 4 members (excludes halogenated alkanes) is 1. The van der Waals surface area contributed by atoms with Gasteiger partial charge in [0, 0.05) is 50.5 Å². The SMILES string of the molecule is O=C(NCCCCN1CCN(c2cccc(Cl)c2Cl)CC1)c1c[nH]c2ncccc12. The Kier molecular flexibility index (Phi) is 6.77. The van der Waals surface area contributed by atoms with E-state index in [2.05, 4.69) is 25.1 Å². The van der Waals surface area contributed by atoms with Crippen molar-refractivity contribution in [3.63, 3.8) is 0 Å². The van der Waals surface area contributed by atoms with Crippen LogP contribution in [-0.4, -0.2) is 60.0 Å². The second-order valence-electron chi connectivity index (χ2n) is 7.47. The summed E-state index contributed by atoms with van der Waals surface area (Å²) in [5, 5.41) is 5.10. The van der Waals surface area contributed by atoms with E-state index in [1.54, 1.807) is 12.4 Å². The normalized spacial score (nSPS) is 14.9. The van der Waals surface area contributed by atoms with Crippen molar-refractivity contribution in [3.8, 4) is 0 Å². The molecule has 1 aliphatic rings. The van der Waals surface area contributed by atoms with Crippen LogP contribution < -0.4 is 10.2 Å². The Bertz CT molecular complexity index is 1010. The predicted octanol–water partition coefficient (Wildman–Crippen LogP) is 4.20. The Balaban J connectivity index is 1.16. The zero-order valence-corrected chi connectivity index (χ0v) is 18.2. The Labute approximate surface area is 186 Å². The minimum atomic E-state index is -0.0544. The summed E-state index contributed by atoms with van der Waals surface area (Å²) in [6, 6.07) is 9.53. The highest BCUT2D eigenvalue weighted by Crippen LogP contribution is 2.32. The molecule has 0 saturated carbocycles. The van der Waals surface area contributed by atoms with Gasteiger partial charge in [-0.25, -0.2) is 4.98 Å². The van der Waals surface area contributed by atoms with E-state index in [0.29, 0.717) is 22.2 Å². The number of anilines is 1. The zero-order chi connectivity index (χ0) is 20.9. The molecule has 1 aromatic carbocycles. The molecule has 8 heteroatoms. The fourth-order valence-electron chi connectivity index (χ4n) is 3.85. The van der Waals surface area contributed by atoms with Crippen LogP contribution in [0.4, 0.5) is 5.69 Å². The maximum atomic E-state index is 12.4. The Morgan fingerprint density at radius 2 is 1.93 bits per heavy atom. The first-order chi connectivity index (χ1) is 14.6. The van der Waals surface area contributed by atoms with E-state index in [1.807, 2.05) is 30.3 Å².